The number of aliphatic hydroxyl groups is 3. The first-order valence-corrected chi connectivity index (χ1v) is 8.60. The Morgan fingerprint density at radius 2 is 1.74 bits per heavy atom. The Morgan fingerprint density at radius 3 is 2.32 bits per heavy atom. The highest BCUT2D eigenvalue weighted by molar-refractivity contribution is 8.17. The topological polar surface area (TPSA) is 79.2 Å². The molecule has 2 aliphatic rings. The van der Waals surface area contributed by atoms with Crippen LogP contribution in [0.4, 0.5) is 0 Å². The van der Waals surface area contributed by atoms with E-state index in [9.17, 15) is 10.2 Å². The number of ether oxygens (including phenoxy) is 2. The number of thioether (sulfide) groups is 2. The number of hydrogen-bond acceptors (Lipinski definition) is 7. The molecule has 0 unspecified atom stereocenters. The van der Waals surface area contributed by atoms with Crippen LogP contribution in [-0.4, -0.2) is 68.2 Å². The van der Waals surface area contributed by atoms with Gasteiger partial charge in [-0.05, 0) is 31.8 Å². The molecule has 2 heterocycles. The lowest BCUT2D eigenvalue weighted by Crippen LogP contribution is -2.47. The van der Waals surface area contributed by atoms with Gasteiger partial charge in [-0.2, -0.15) is 0 Å². The first kappa shape index (κ1) is 15.9. The summed E-state index contributed by atoms with van der Waals surface area (Å²) >= 11 is 3.43. The molecule has 4 atom stereocenters. The van der Waals surface area contributed by atoms with Crippen molar-refractivity contribution in [2.45, 2.75) is 55.1 Å². The molecule has 0 aromatic carbocycles. The third kappa shape index (κ3) is 3.78. The van der Waals surface area contributed by atoms with Gasteiger partial charge in [0.2, 0.25) is 0 Å². The fraction of sp³-hybridized carbons (Fsp3) is 1.00. The molecule has 2 fully saturated rings. The van der Waals surface area contributed by atoms with E-state index >= 15 is 0 Å². The van der Waals surface area contributed by atoms with Crippen LogP contribution in [0, 0.1) is 0 Å². The highest BCUT2D eigenvalue weighted by Gasteiger charge is 2.49. The van der Waals surface area contributed by atoms with Crippen molar-refractivity contribution in [1.29, 1.82) is 0 Å². The summed E-state index contributed by atoms with van der Waals surface area (Å²) in [6.45, 7) is 3.09. The van der Waals surface area contributed by atoms with E-state index in [1.165, 1.54) is 0 Å². The zero-order valence-electron chi connectivity index (χ0n) is 11.2. The summed E-state index contributed by atoms with van der Waals surface area (Å²) in [5.41, 5.74) is 0. The van der Waals surface area contributed by atoms with Crippen molar-refractivity contribution in [3.63, 3.8) is 0 Å². The Bertz CT molecular complexity index is 296. The Balaban J connectivity index is 2.06. The molecular formula is C12H22O5S2. The molecule has 0 saturated carbocycles. The maximum Gasteiger partial charge on any atom is 0.164 e. The SMILES string of the molecule is CC1(C)O[C@@H]([C@H](O)CO)[C@H]([C@H](O)C2SCCCS2)O1. The van der Waals surface area contributed by atoms with Crippen LogP contribution in [0.3, 0.4) is 0 Å². The van der Waals surface area contributed by atoms with Crippen molar-refractivity contribution >= 4 is 23.5 Å². The van der Waals surface area contributed by atoms with Gasteiger partial charge in [0.1, 0.15) is 24.4 Å². The van der Waals surface area contributed by atoms with Gasteiger partial charge in [-0.15, -0.1) is 23.5 Å². The molecule has 2 rings (SSSR count). The Morgan fingerprint density at radius 1 is 1.16 bits per heavy atom. The fourth-order valence-corrected chi connectivity index (χ4v) is 5.28. The lowest BCUT2D eigenvalue weighted by atomic mass is 10.0. The molecule has 0 radical (unpaired) electrons. The fourth-order valence-electron chi connectivity index (χ4n) is 2.34. The van der Waals surface area contributed by atoms with Gasteiger partial charge in [-0.3, -0.25) is 0 Å². The average molecular weight is 310 g/mol. The summed E-state index contributed by atoms with van der Waals surface area (Å²) in [5.74, 6) is 1.20. The van der Waals surface area contributed by atoms with Gasteiger partial charge in [-0.25, -0.2) is 0 Å². The average Bonchev–Trinajstić information content (AvgIpc) is 2.74. The molecule has 3 N–H and O–H groups in total. The first-order chi connectivity index (χ1) is 8.94. The molecule has 0 amide bonds. The third-order valence-corrected chi connectivity index (χ3v) is 6.28. The van der Waals surface area contributed by atoms with Crippen LogP contribution in [0.25, 0.3) is 0 Å². The summed E-state index contributed by atoms with van der Waals surface area (Å²) < 4.78 is 11.4. The van der Waals surface area contributed by atoms with Crippen molar-refractivity contribution in [2.24, 2.45) is 0 Å². The van der Waals surface area contributed by atoms with Crippen molar-refractivity contribution in [3.8, 4) is 0 Å². The standard InChI is InChI=1S/C12H22O5S2/c1-12(2)16-9(7(14)6-13)10(17-12)8(15)11-18-4-3-5-19-11/h7-11,13-15H,3-6H2,1-2H3/t7-,8+,9+,10+/m1/s1. The van der Waals surface area contributed by atoms with Crippen molar-refractivity contribution in [2.75, 3.05) is 18.1 Å². The largest absolute Gasteiger partial charge is 0.394 e. The molecule has 0 bridgehead atoms. The number of rotatable bonds is 4. The van der Waals surface area contributed by atoms with Crippen molar-refractivity contribution in [1.82, 2.24) is 0 Å². The second-order valence-corrected chi connectivity index (χ2v) is 8.07. The highest BCUT2D eigenvalue weighted by atomic mass is 32.2. The van der Waals surface area contributed by atoms with E-state index in [1.54, 1.807) is 37.4 Å². The van der Waals surface area contributed by atoms with Crippen molar-refractivity contribution in [3.05, 3.63) is 0 Å². The van der Waals surface area contributed by atoms with E-state index in [2.05, 4.69) is 0 Å². The smallest absolute Gasteiger partial charge is 0.164 e. The van der Waals surface area contributed by atoms with Gasteiger partial charge in [0.15, 0.2) is 5.79 Å². The summed E-state index contributed by atoms with van der Waals surface area (Å²) in [7, 11) is 0. The van der Waals surface area contributed by atoms with E-state index in [0.29, 0.717) is 0 Å². The molecular weight excluding hydrogens is 288 g/mol. The summed E-state index contributed by atoms with van der Waals surface area (Å²) in [6.07, 6.45) is -1.92. The van der Waals surface area contributed by atoms with Gasteiger partial charge >= 0.3 is 0 Å². The molecule has 0 aliphatic carbocycles. The molecule has 7 heteroatoms. The maximum absolute atomic E-state index is 10.5. The molecule has 19 heavy (non-hydrogen) atoms. The second-order valence-electron chi connectivity index (χ2n) is 5.27. The highest BCUT2D eigenvalue weighted by Crippen LogP contribution is 2.39. The maximum atomic E-state index is 10.5. The minimum Gasteiger partial charge on any atom is -0.394 e. The summed E-state index contributed by atoms with van der Waals surface area (Å²) in [5, 5.41) is 29.4. The van der Waals surface area contributed by atoms with E-state index in [4.69, 9.17) is 14.6 Å². The Hall–Kier alpha value is 0.500. The summed E-state index contributed by atoms with van der Waals surface area (Å²) in [6, 6.07) is 0. The zero-order chi connectivity index (χ0) is 14.0. The van der Waals surface area contributed by atoms with Gasteiger partial charge in [0.05, 0.1) is 11.2 Å². The zero-order valence-corrected chi connectivity index (χ0v) is 12.8. The molecule has 2 aliphatic heterocycles. The number of hydrogen-bond donors (Lipinski definition) is 3. The lowest BCUT2D eigenvalue weighted by Gasteiger charge is -2.31. The Kier molecular flexibility index (Phi) is 5.44. The molecule has 0 aromatic heterocycles. The van der Waals surface area contributed by atoms with Gasteiger partial charge in [0, 0.05) is 0 Å². The van der Waals surface area contributed by atoms with Crippen LogP contribution in [0.5, 0.6) is 0 Å². The summed E-state index contributed by atoms with van der Waals surface area (Å²) in [4.78, 5) is 0. The van der Waals surface area contributed by atoms with Crippen LogP contribution in [0.1, 0.15) is 20.3 Å². The van der Waals surface area contributed by atoms with E-state index in [-0.39, 0.29) is 4.58 Å². The van der Waals surface area contributed by atoms with E-state index < -0.39 is 36.8 Å². The van der Waals surface area contributed by atoms with Gasteiger partial charge in [0.25, 0.3) is 0 Å². The van der Waals surface area contributed by atoms with E-state index in [0.717, 1.165) is 17.9 Å². The molecule has 2 saturated heterocycles. The quantitative estimate of drug-likeness (QED) is 0.694. The Labute approximate surface area is 122 Å². The van der Waals surface area contributed by atoms with Crippen molar-refractivity contribution < 1.29 is 24.8 Å². The monoisotopic (exact) mass is 310 g/mol. The minimum absolute atomic E-state index is 0.0321. The molecule has 112 valence electrons. The number of aliphatic hydroxyl groups excluding tert-OH is 3. The second kappa shape index (κ2) is 6.51. The minimum atomic E-state index is -1.04. The predicted octanol–water partition coefficient (Wildman–Crippen LogP) is 0.417. The van der Waals surface area contributed by atoms with E-state index in [1.807, 2.05) is 0 Å². The molecule has 0 spiro atoms. The van der Waals surface area contributed by atoms with Crippen LogP contribution in [0.15, 0.2) is 0 Å². The first-order valence-electron chi connectivity index (χ1n) is 6.50. The van der Waals surface area contributed by atoms with Gasteiger partial charge < -0.3 is 24.8 Å². The lowest BCUT2D eigenvalue weighted by molar-refractivity contribution is -0.161. The van der Waals surface area contributed by atoms with Crippen LogP contribution in [-0.2, 0) is 9.47 Å². The van der Waals surface area contributed by atoms with Crippen LogP contribution < -0.4 is 0 Å². The molecule has 5 nitrogen and oxygen atoms in total. The molecule has 0 aromatic rings. The van der Waals surface area contributed by atoms with Gasteiger partial charge in [-0.1, -0.05) is 0 Å². The normalized spacial score (nSPS) is 35.2. The van der Waals surface area contributed by atoms with Crippen LogP contribution >= 0.6 is 23.5 Å². The third-order valence-electron chi connectivity index (χ3n) is 3.20. The predicted molar refractivity (Wildman–Crippen MR) is 76.2 cm³/mol. The van der Waals surface area contributed by atoms with Crippen LogP contribution in [0.2, 0.25) is 0 Å².